The van der Waals surface area contributed by atoms with Crippen molar-refractivity contribution in [2.45, 2.75) is 49.5 Å². The molecule has 1 unspecified atom stereocenters. The van der Waals surface area contributed by atoms with Gasteiger partial charge in [0.15, 0.2) is 5.76 Å². The van der Waals surface area contributed by atoms with Crippen LogP contribution in [0.15, 0.2) is 69.9 Å². The number of halogens is 4. The van der Waals surface area contributed by atoms with Gasteiger partial charge in [0.1, 0.15) is 18.0 Å². The highest BCUT2D eigenvalue weighted by Gasteiger charge is 2.50. The first-order chi connectivity index (χ1) is 25.6. The van der Waals surface area contributed by atoms with Crippen molar-refractivity contribution in [2.75, 3.05) is 77.3 Å². The third kappa shape index (κ3) is 8.18. The predicted octanol–water partition coefficient (Wildman–Crippen LogP) is 6.14. The maximum Gasteiger partial charge on any atom is 0.320 e. The molecule has 1 atom stereocenters. The number of hydrogen-bond donors (Lipinski definition) is 2. The van der Waals surface area contributed by atoms with Crippen molar-refractivity contribution in [1.29, 1.82) is 0 Å². The number of carbonyl (C=O) groups excluding carboxylic acids is 1. The monoisotopic (exact) mass is 773 g/mol. The number of ether oxygens (including phenoxy) is 4. The lowest BCUT2D eigenvalue weighted by Gasteiger charge is -2.46. The van der Waals surface area contributed by atoms with Gasteiger partial charge in [0, 0.05) is 62.3 Å². The van der Waals surface area contributed by atoms with Crippen LogP contribution in [0.25, 0.3) is 0 Å². The Morgan fingerprint density at radius 2 is 1.42 bits per heavy atom. The summed E-state index contributed by atoms with van der Waals surface area (Å²) >= 11 is 12.4. The van der Waals surface area contributed by atoms with Crippen molar-refractivity contribution in [2.24, 2.45) is 9.98 Å². The number of nitrogens with one attached hydrogen (secondary N) is 2. The van der Waals surface area contributed by atoms with Crippen LogP contribution in [0.3, 0.4) is 0 Å². The fraction of sp³-hybridized carbons (Fsp3) is 0.486. The first-order valence-corrected chi connectivity index (χ1v) is 18.6. The molecular formula is C37H43Cl2F2N7O5. The normalized spacial score (nSPS) is 23.8. The zero-order chi connectivity index (χ0) is 37.2. The number of piperidine rings is 2. The molecular weight excluding hydrogens is 731 g/mol. The lowest BCUT2D eigenvalue weighted by Crippen LogP contribution is -2.55. The Balaban J connectivity index is 1.26. The van der Waals surface area contributed by atoms with Crippen LogP contribution in [0.2, 0.25) is 10.0 Å². The minimum Gasteiger partial charge on any atom is -0.495 e. The average Bonchev–Trinajstić information content (AvgIpc) is 3.16. The topological polar surface area (TPSA) is 112 Å². The van der Waals surface area contributed by atoms with Gasteiger partial charge in [0.2, 0.25) is 11.6 Å². The quantitative estimate of drug-likeness (QED) is 0.293. The van der Waals surface area contributed by atoms with Crippen molar-refractivity contribution < 1.29 is 32.5 Å². The summed E-state index contributed by atoms with van der Waals surface area (Å²) in [7, 11) is 3.64. The van der Waals surface area contributed by atoms with Gasteiger partial charge in [-0.15, -0.1) is 0 Å². The molecule has 0 aromatic heterocycles. The number of likely N-dealkylation sites (tertiary alicyclic amines) is 2. The van der Waals surface area contributed by atoms with Gasteiger partial charge in [-0.2, -0.15) is 0 Å². The number of methoxy groups -OCH3 is 1. The van der Waals surface area contributed by atoms with Crippen molar-refractivity contribution in [1.82, 2.24) is 14.7 Å². The third-order valence-corrected chi connectivity index (χ3v) is 10.7. The van der Waals surface area contributed by atoms with Gasteiger partial charge >= 0.3 is 6.03 Å². The number of hydrogen-bond acceptors (Lipinski definition) is 10. The number of morpholine rings is 1. The van der Waals surface area contributed by atoms with Crippen LogP contribution in [0.1, 0.15) is 25.7 Å². The summed E-state index contributed by atoms with van der Waals surface area (Å²) in [6.07, 6.45) is 7.14. The molecule has 2 aromatic rings. The Kier molecular flexibility index (Phi) is 11.3. The molecule has 2 aromatic carbocycles. The number of fused-ring (bicyclic) bond motifs is 1. The highest BCUT2D eigenvalue weighted by Crippen LogP contribution is 2.42. The highest BCUT2D eigenvalue weighted by molar-refractivity contribution is 6.31. The summed E-state index contributed by atoms with van der Waals surface area (Å²) in [4.78, 5) is 28.7. The van der Waals surface area contributed by atoms with E-state index in [0.29, 0.717) is 80.7 Å². The molecule has 5 aliphatic rings. The first kappa shape index (κ1) is 37.5. The molecule has 2 N–H and O–H groups in total. The molecule has 3 fully saturated rings. The molecule has 7 rings (SSSR count). The van der Waals surface area contributed by atoms with Gasteiger partial charge in [-0.05, 0) is 75.2 Å². The smallest absolute Gasteiger partial charge is 0.320 e. The Morgan fingerprint density at radius 1 is 0.868 bits per heavy atom. The number of rotatable bonds is 9. The van der Waals surface area contributed by atoms with E-state index in [-0.39, 0.29) is 28.3 Å². The van der Waals surface area contributed by atoms with Crippen LogP contribution in [0.5, 0.6) is 0 Å². The number of aliphatic imine (C=N–C) groups is 2. The van der Waals surface area contributed by atoms with E-state index in [1.54, 1.807) is 13.2 Å². The lowest BCUT2D eigenvalue weighted by atomic mass is 9.90. The van der Waals surface area contributed by atoms with Crippen LogP contribution < -0.4 is 10.6 Å². The van der Waals surface area contributed by atoms with E-state index in [1.165, 1.54) is 42.7 Å². The molecule has 16 heteroatoms. The van der Waals surface area contributed by atoms with Crippen LogP contribution >= 0.6 is 23.2 Å². The van der Waals surface area contributed by atoms with E-state index in [4.69, 9.17) is 47.1 Å². The van der Waals surface area contributed by atoms with Gasteiger partial charge in [0.25, 0.3) is 0 Å². The molecule has 284 valence electrons. The van der Waals surface area contributed by atoms with Gasteiger partial charge in [-0.3, -0.25) is 0 Å². The molecule has 0 spiro atoms. The van der Waals surface area contributed by atoms with Gasteiger partial charge in [0.05, 0.1) is 48.3 Å². The molecule has 1 aliphatic carbocycles. The minimum atomic E-state index is -1.53. The van der Waals surface area contributed by atoms with E-state index in [9.17, 15) is 13.6 Å². The largest absolute Gasteiger partial charge is 0.495 e. The molecule has 0 bridgehead atoms. The number of amides is 2. The molecule has 12 nitrogen and oxygen atoms in total. The fourth-order valence-electron chi connectivity index (χ4n) is 7.21. The standard InChI is InChI=1S/C37H43Cl2F2N7O5/c1-46-11-7-26(8-12-46)52-36(53-27-9-13-47(14-10-27)35(49)48-15-17-51-18-16-48)22-28-33(21-34(36)50-2)42-23-43-37(28,44-24-3-5-31(40)29(38)19-24)45-25-4-6-32(41)30(39)20-25/h3-6,19-23,26-27,44-45H,7-18H2,1-2H3. The highest BCUT2D eigenvalue weighted by atomic mass is 35.5. The number of anilines is 2. The summed E-state index contributed by atoms with van der Waals surface area (Å²) in [5.41, 5.74) is 1.83. The van der Waals surface area contributed by atoms with Gasteiger partial charge < -0.3 is 44.3 Å². The first-order valence-electron chi connectivity index (χ1n) is 17.8. The second-order valence-electron chi connectivity index (χ2n) is 13.7. The van der Waals surface area contributed by atoms with Crippen molar-refractivity contribution in [3.05, 3.63) is 81.6 Å². The molecule has 4 heterocycles. The van der Waals surface area contributed by atoms with Crippen LogP contribution in [0.4, 0.5) is 25.0 Å². The zero-order valence-electron chi connectivity index (χ0n) is 29.6. The molecule has 0 radical (unpaired) electrons. The van der Waals surface area contributed by atoms with Crippen molar-refractivity contribution >= 4 is 52.7 Å². The number of benzene rings is 2. The van der Waals surface area contributed by atoms with Crippen molar-refractivity contribution in [3.8, 4) is 0 Å². The minimum absolute atomic E-state index is 0.00551. The average molecular weight is 775 g/mol. The van der Waals surface area contributed by atoms with E-state index >= 15 is 0 Å². The van der Waals surface area contributed by atoms with E-state index in [0.717, 1.165) is 25.9 Å². The summed E-state index contributed by atoms with van der Waals surface area (Å²) in [6.45, 7) is 4.91. The van der Waals surface area contributed by atoms with Crippen molar-refractivity contribution in [3.63, 3.8) is 0 Å². The molecule has 2 amide bonds. The van der Waals surface area contributed by atoms with Crippen LogP contribution in [-0.4, -0.2) is 123 Å². The fourth-order valence-corrected chi connectivity index (χ4v) is 7.57. The predicted molar refractivity (Wildman–Crippen MR) is 200 cm³/mol. The maximum atomic E-state index is 14.3. The van der Waals surface area contributed by atoms with Gasteiger partial charge in [-0.1, -0.05) is 23.2 Å². The van der Waals surface area contributed by atoms with E-state index in [1.807, 2.05) is 15.9 Å². The Bertz CT molecular complexity index is 1750. The summed E-state index contributed by atoms with van der Waals surface area (Å²) in [5.74, 6) is -3.84. The SMILES string of the molecule is COC1=CC2=NC=NC(Nc3ccc(F)c(Cl)c3)(Nc3ccc(F)c(Cl)c3)C2=CC1(OC1CCN(C)CC1)OC1CCN(C(=O)N2CCOCC2)CC1. The summed E-state index contributed by atoms with van der Waals surface area (Å²) in [6, 6.07) is 8.47. The maximum absolute atomic E-state index is 14.3. The summed E-state index contributed by atoms with van der Waals surface area (Å²) < 4.78 is 54.2. The van der Waals surface area contributed by atoms with Crippen LogP contribution in [-0.2, 0) is 18.9 Å². The second kappa shape index (κ2) is 15.9. The van der Waals surface area contributed by atoms with E-state index in [2.05, 4.69) is 27.6 Å². The molecule has 0 saturated carbocycles. The van der Waals surface area contributed by atoms with E-state index < -0.39 is 23.2 Å². The third-order valence-electron chi connectivity index (χ3n) is 10.1. The number of nitrogens with zero attached hydrogens (tertiary/aromatic N) is 5. The molecule has 53 heavy (non-hydrogen) atoms. The Hall–Kier alpha value is -3.79. The number of urea groups is 1. The van der Waals surface area contributed by atoms with Crippen LogP contribution in [0, 0.1) is 11.6 Å². The zero-order valence-corrected chi connectivity index (χ0v) is 31.1. The summed E-state index contributed by atoms with van der Waals surface area (Å²) in [5, 5.41) is 6.59. The molecule has 4 aliphatic heterocycles. The van der Waals surface area contributed by atoms with Gasteiger partial charge in [-0.25, -0.2) is 23.6 Å². The Morgan fingerprint density at radius 3 is 1.96 bits per heavy atom. The second-order valence-corrected chi connectivity index (χ2v) is 14.5. The lowest BCUT2D eigenvalue weighted by molar-refractivity contribution is -0.253. The molecule has 3 saturated heterocycles. The number of allylic oxidation sites excluding steroid dienone is 1. The Labute approximate surface area is 317 Å². The number of carbonyl (C=O) groups is 1.